The van der Waals surface area contributed by atoms with Gasteiger partial charge in [-0.1, -0.05) is 5.92 Å². The molecular weight excluding hydrogens is 234 g/mol. The molecule has 0 saturated carbocycles. The van der Waals surface area contributed by atoms with Crippen molar-refractivity contribution in [1.82, 2.24) is 5.32 Å². The smallest absolute Gasteiger partial charge is 0.408 e. The van der Waals surface area contributed by atoms with Gasteiger partial charge in [0.2, 0.25) is 0 Å². The first-order valence-corrected chi connectivity index (χ1v) is 5.58. The van der Waals surface area contributed by atoms with Gasteiger partial charge < -0.3 is 14.8 Å². The number of alkyl carbamates (subject to hydrolysis) is 1. The number of hydrogen-bond acceptors (Lipinski definition) is 4. The number of carbonyl (C=O) groups is 2. The highest BCUT2D eigenvalue weighted by Gasteiger charge is 2.37. The molecule has 0 aromatic heterocycles. The molecule has 0 saturated heterocycles. The minimum absolute atomic E-state index is 0.608. The first-order valence-electron chi connectivity index (χ1n) is 5.58. The van der Waals surface area contributed by atoms with E-state index < -0.39 is 29.1 Å². The van der Waals surface area contributed by atoms with Crippen LogP contribution in [0.15, 0.2) is 0 Å². The summed E-state index contributed by atoms with van der Waals surface area (Å²) >= 11 is 0. The molecule has 0 radical (unpaired) electrons. The average Bonchev–Trinajstić information content (AvgIpc) is 2.22. The van der Waals surface area contributed by atoms with Crippen LogP contribution in [0.2, 0.25) is 0 Å². The lowest BCUT2D eigenvalue weighted by atomic mass is 9.85. The maximum absolute atomic E-state index is 11.6. The van der Waals surface area contributed by atoms with Gasteiger partial charge in [0.15, 0.2) is 0 Å². The van der Waals surface area contributed by atoms with E-state index in [1.165, 1.54) is 7.11 Å². The number of esters is 1. The van der Waals surface area contributed by atoms with Crippen LogP contribution in [0.3, 0.4) is 0 Å². The quantitative estimate of drug-likeness (QED) is 0.616. The first kappa shape index (κ1) is 16.3. The van der Waals surface area contributed by atoms with Gasteiger partial charge in [0.1, 0.15) is 11.6 Å². The van der Waals surface area contributed by atoms with Crippen molar-refractivity contribution in [2.75, 3.05) is 7.11 Å². The minimum atomic E-state index is -0.956. The largest absolute Gasteiger partial charge is 0.467 e. The van der Waals surface area contributed by atoms with Crippen molar-refractivity contribution < 1.29 is 19.1 Å². The third-order valence-electron chi connectivity index (χ3n) is 2.19. The third kappa shape index (κ3) is 5.09. The van der Waals surface area contributed by atoms with Crippen molar-refractivity contribution in [3.05, 3.63) is 0 Å². The Morgan fingerprint density at radius 2 is 1.72 bits per heavy atom. The standard InChI is InChI=1S/C13H21NO4/c1-8-13(5,6)9(10(15)17-7)14-11(16)18-12(2,3)4/h1,9H,2-7H3,(H,14,16)/t9-/m1/s1. The van der Waals surface area contributed by atoms with E-state index in [4.69, 9.17) is 11.2 Å². The summed E-state index contributed by atoms with van der Waals surface area (Å²) in [7, 11) is 1.23. The van der Waals surface area contributed by atoms with Gasteiger partial charge in [0.05, 0.1) is 12.5 Å². The summed E-state index contributed by atoms with van der Waals surface area (Å²) in [6, 6.07) is -0.956. The number of ether oxygens (including phenoxy) is 2. The normalized spacial score (nSPS) is 13.2. The summed E-state index contributed by atoms with van der Waals surface area (Å²) in [5.74, 6) is 1.85. The highest BCUT2D eigenvalue weighted by atomic mass is 16.6. The second-order valence-electron chi connectivity index (χ2n) is 5.47. The number of hydrogen-bond donors (Lipinski definition) is 1. The fraction of sp³-hybridized carbons (Fsp3) is 0.692. The maximum Gasteiger partial charge on any atom is 0.408 e. The highest BCUT2D eigenvalue weighted by Crippen LogP contribution is 2.21. The lowest BCUT2D eigenvalue weighted by Gasteiger charge is -2.29. The highest BCUT2D eigenvalue weighted by molar-refractivity contribution is 5.82. The molecule has 0 rings (SSSR count). The molecule has 0 fully saturated rings. The van der Waals surface area contributed by atoms with E-state index in [0.717, 1.165) is 0 Å². The van der Waals surface area contributed by atoms with Crippen molar-refractivity contribution in [1.29, 1.82) is 0 Å². The molecule has 1 N–H and O–H groups in total. The van der Waals surface area contributed by atoms with Crippen LogP contribution < -0.4 is 5.32 Å². The predicted molar refractivity (Wildman–Crippen MR) is 67.8 cm³/mol. The van der Waals surface area contributed by atoms with E-state index >= 15 is 0 Å². The Morgan fingerprint density at radius 1 is 1.22 bits per heavy atom. The van der Waals surface area contributed by atoms with Gasteiger partial charge >= 0.3 is 12.1 Å². The fourth-order valence-corrected chi connectivity index (χ4v) is 1.16. The second kappa shape index (κ2) is 5.76. The van der Waals surface area contributed by atoms with Gasteiger partial charge in [-0.15, -0.1) is 6.42 Å². The molecular formula is C13H21NO4. The molecule has 0 unspecified atom stereocenters. The van der Waals surface area contributed by atoms with Gasteiger partial charge in [0.25, 0.3) is 0 Å². The number of rotatable bonds is 3. The Labute approximate surface area is 108 Å². The number of terminal acetylenes is 1. The van der Waals surface area contributed by atoms with Gasteiger partial charge in [-0.3, -0.25) is 0 Å². The van der Waals surface area contributed by atoms with Crippen LogP contribution in [-0.4, -0.2) is 30.8 Å². The minimum Gasteiger partial charge on any atom is -0.467 e. The number of methoxy groups -OCH3 is 1. The van der Waals surface area contributed by atoms with Gasteiger partial charge in [-0.25, -0.2) is 9.59 Å². The Bertz CT molecular complexity index is 360. The van der Waals surface area contributed by atoms with Crippen LogP contribution >= 0.6 is 0 Å². The molecule has 5 nitrogen and oxygen atoms in total. The molecule has 1 atom stereocenters. The van der Waals surface area contributed by atoms with Gasteiger partial charge in [-0.2, -0.15) is 0 Å². The number of carbonyl (C=O) groups excluding carboxylic acids is 2. The maximum atomic E-state index is 11.6. The number of amides is 1. The zero-order valence-electron chi connectivity index (χ0n) is 11.8. The van der Waals surface area contributed by atoms with Crippen LogP contribution in [0, 0.1) is 17.8 Å². The molecule has 0 heterocycles. The topological polar surface area (TPSA) is 64.6 Å². The summed E-state index contributed by atoms with van der Waals surface area (Å²) < 4.78 is 9.70. The molecule has 0 aromatic carbocycles. The van der Waals surface area contributed by atoms with Gasteiger partial charge in [0, 0.05) is 0 Å². The van der Waals surface area contributed by atoms with Crippen molar-refractivity contribution in [2.45, 2.75) is 46.3 Å². The number of nitrogens with one attached hydrogen (secondary N) is 1. The Kier molecular flexibility index (Phi) is 5.22. The fourth-order valence-electron chi connectivity index (χ4n) is 1.16. The predicted octanol–water partition coefficient (Wildman–Crippen LogP) is 1.71. The SMILES string of the molecule is C#CC(C)(C)[C@H](NC(=O)OC(C)(C)C)C(=O)OC. The van der Waals surface area contributed by atoms with Crippen molar-refractivity contribution in [3.63, 3.8) is 0 Å². The molecule has 102 valence electrons. The molecule has 0 aromatic rings. The Hall–Kier alpha value is -1.70. The monoisotopic (exact) mass is 255 g/mol. The van der Waals surface area contributed by atoms with Crippen molar-refractivity contribution in [2.24, 2.45) is 5.41 Å². The first-order chi connectivity index (χ1) is 8.03. The molecule has 18 heavy (non-hydrogen) atoms. The van der Waals surface area contributed by atoms with Crippen LogP contribution in [0.25, 0.3) is 0 Å². The molecule has 0 aliphatic carbocycles. The molecule has 0 spiro atoms. The van der Waals surface area contributed by atoms with Crippen LogP contribution in [0.4, 0.5) is 4.79 Å². The summed E-state index contributed by atoms with van der Waals surface area (Å²) in [4.78, 5) is 23.3. The van der Waals surface area contributed by atoms with Crippen molar-refractivity contribution >= 4 is 12.1 Å². The van der Waals surface area contributed by atoms with Crippen molar-refractivity contribution in [3.8, 4) is 12.3 Å². The van der Waals surface area contributed by atoms with E-state index in [0.29, 0.717) is 0 Å². The Balaban J connectivity index is 4.89. The van der Waals surface area contributed by atoms with E-state index in [1.54, 1.807) is 34.6 Å². The second-order valence-corrected chi connectivity index (χ2v) is 5.47. The third-order valence-corrected chi connectivity index (χ3v) is 2.19. The Morgan fingerprint density at radius 3 is 2.06 bits per heavy atom. The molecule has 0 aliphatic rings. The molecule has 0 aliphatic heterocycles. The summed E-state index contributed by atoms with van der Waals surface area (Å²) in [6.07, 6.45) is 4.65. The van der Waals surface area contributed by atoms with E-state index in [1.807, 2.05) is 0 Å². The van der Waals surface area contributed by atoms with Crippen LogP contribution in [0.1, 0.15) is 34.6 Å². The molecule has 0 bridgehead atoms. The zero-order chi connectivity index (χ0) is 14.6. The van der Waals surface area contributed by atoms with E-state index in [-0.39, 0.29) is 0 Å². The van der Waals surface area contributed by atoms with E-state index in [2.05, 4.69) is 16.0 Å². The zero-order valence-corrected chi connectivity index (χ0v) is 11.8. The summed E-state index contributed by atoms with van der Waals surface area (Å²) in [5, 5.41) is 2.44. The summed E-state index contributed by atoms with van der Waals surface area (Å²) in [5.41, 5.74) is -1.52. The lowest BCUT2D eigenvalue weighted by molar-refractivity contribution is -0.145. The van der Waals surface area contributed by atoms with Crippen LogP contribution in [-0.2, 0) is 14.3 Å². The van der Waals surface area contributed by atoms with E-state index in [9.17, 15) is 9.59 Å². The molecule has 1 amide bonds. The lowest BCUT2D eigenvalue weighted by Crippen LogP contribution is -2.51. The average molecular weight is 255 g/mol. The summed E-state index contributed by atoms with van der Waals surface area (Å²) in [6.45, 7) is 8.50. The van der Waals surface area contributed by atoms with Crippen LogP contribution in [0.5, 0.6) is 0 Å². The van der Waals surface area contributed by atoms with Gasteiger partial charge in [-0.05, 0) is 34.6 Å². The molecule has 5 heteroatoms.